The highest BCUT2D eigenvalue weighted by Crippen LogP contribution is 2.40. The Kier molecular flexibility index (Phi) is 6.30. The molecule has 18 heteroatoms. The summed E-state index contributed by atoms with van der Waals surface area (Å²) in [6, 6.07) is -1.03. The smallest absolute Gasteiger partial charge is 0.420 e. The van der Waals surface area contributed by atoms with Crippen molar-refractivity contribution in [1.82, 2.24) is 24.0 Å². The van der Waals surface area contributed by atoms with Gasteiger partial charge in [-0.2, -0.15) is 13.8 Å². The third kappa shape index (κ3) is 4.17. The lowest BCUT2D eigenvalue weighted by atomic mass is 10.0. The van der Waals surface area contributed by atoms with E-state index in [1.807, 2.05) is 0 Å². The number of nitrogens with two attached hydrogens (primary N) is 1. The molecule has 5 rings (SSSR count). The zero-order valence-electron chi connectivity index (χ0n) is 18.7. The van der Waals surface area contributed by atoms with Gasteiger partial charge in [0.1, 0.15) is 43.2 Å². The van der Waals surface area contributed by atoms with Crippen LogP contribution in [0, 0.1) is 0 Å². The van der Waals surface area contributed by atoms with Crippen LogP contribution in [0.5, 0.6) is 0 Å². The number of nitrogens with zero attached hydrogens (tertiary/aromatic N) is 6. The molecule has 0 spiro atoms. The van der Waals surface area contributed by atoms with Crippen LogP contribution in [0.2, 0.25) is 0 Å². The Labute approximate surface area is 219 Å². The summed E-state index contributed by atoms with van der Waals surface area (Å²) >= 11 is 3.44. The number of nitrogen functional groups attached to an aromatic ring is 1. The van der Waals surface area contributed by atoms with Crippen molar-refractivity contribution in [2.45, 2.75) is 18.0 Å². The second-order valence-electron chi connectivity index (χ2n) is 7.69. The van der Waals surface area contributed by atoms with Gasteiger partial charge in [0, 0.05) is 28.2 Å². The largest absolute Gasteiger partial charge is 0.477 e. The maximum absolute atomic E-state index is 13.0. The zero-order chi connectivity index (χ0) is 26.4. The second-order valence-corrected chi connectivity index (χ2v) is 10.5. The topological polar surface area (TPSA) is 206 Å². The number of carboxylic acid groups (broad SMARTS) is 2. The number of nitrogens with one attached hydrogen (secondary N) is 1. The first-order chi connectivity index (χ1) is 17.7. The number of carboxylic acids is 2. The zero-order valence-corrected chi connectivity index (χ0v) is 21.2. The van der Waals surface area contributed by atoms with E-state index in [0.29, 0.717) is 10.4 Å². The molecular formula is C19H17N8O7S3+. The normalized spacial score (nSPS) is 19.5. The predicted octanol–water partition coefficient (Wildman–Crippen LogP) is -0.790. The van der Waals surface area contributed by atoms with Crippen LogP contribution in [-0.2, 0) is 25.8 Å². The number of hydrogen-bond donors (Lipinski definition) is 4. The molecule has 2 aliphatic heterocycles. The van der Waals surface area contributed by atoms with Gasteiger partial charge >= 0.3 is 17.8 Å². The van der Waals surface area contributed by atoms with Crippen molar-refractivity contribution in [1.29, 1.82) is 0 Å². The van der Waals surface area contributed by atoms with Crippen molar-refractivity contribution >= 4 is 74.1 Å². The summed E-state index contributed by atoms with van der Waals surface area (Å²) in [5.74, 6) is -3.85. The van der Waals surface area contributed by atoms with Gasteiger partial charge in [-0.15, -0.1) is 11.8 Å². The van der Waals surface area contributed by atoms with Crippen molar-refractivity contribution in [3.05, 3.63) is 40.7 Å². The molecule has 0 aromatic carbocycles. The monoisotopic (exact) mass is 565 g/mol. The molecule has 3 aromatic heterocycles. The maximum atomic E-state index is 13.0. The minimum absolute atomic E-state index is 0.0399. The first-order valence-electron chi connectivity index (χ1n) is 10.3. The Morgan fingerprint density at radius 1 is 1.35 bits per heavy atom. The second kappa shape index (κ2) is 9.45. The van der Waals surface area contributed by atoms with E-state index >= 15 is 0 Å². The maximum Gasteiger partial charge on any atom is 0.420 e. The van der Waals surface area contributed by atoms with Crippen molar-refractivity contribution in [2.24, 2.45) is 5.16 Å². The number of carbonyl (C=O) groups is 4. The molecule has 3 aromatic rings. The highest BCUT2D eigenvalue weighted by molar-refractivity contribution is 8.00. The lowest BCUT2D eigenvalue weighted by molar-refractivity contribution is -0.689. The standard InChI is InChI=1S/C19H16N8O7S3/c1-34-23-9(12-22-19(20)37-24-12)13(28)21-10-15(29)27-11(17(30)31)7(6-36-16(10)27)4-25-5-8-26(2-3-35-8)14(25)18(32)33/h2-3,5,10,16H,4,6H2,1H3,(H4-,20,21,22,24,28,30,31,32,33)/p+1/b23-9-/t10-,16-/m1/s1. The van der Waals surface area contributed by atoms with E-state index in [1.54, 1.807) is 17.8 Å². The molecule has 2 amide bonds. The predicted molar refractivity (Wildman–Crippen MR) is 130 cm³/mol. The first kappa shape index (κ1) is 24.7. The number of thiazole rings is 1. The molecule has 0 bridgehead atoms. The number of thioether (sulfide) groups is 1. The van der Waals surface area contributed by atoms with Gasteiger partial charge in [0.05, 0.1) is 0 Å². The van der Waals surface area contributed by atoms with E-state index in [4.69, 9.17) is 10.6 Å². The molecule has 1 fully saturated rings. The van der Waals surface area contributed by atoms with Crippen molar-refractivity contribution in [2.75, 3.05) is 18.6 Å². The molecule has 192 valence electrons. The number of fused-ring (bicyclic) bond motifs is 2. The minimum atomic E-state index is -1.33. The van der Waals surface area contributed by atoms with Crippen LogP contribution in [0.4, 0.5) is 5.13 Å². The fraction of sp³-hybridized carbons (Fsp3) is 0.263. The Bertz CT molecular complexity index is 1520. The van der Waals surface area contributed by atoms with Crippen LogP contribution < -0.4 is 15.6 Å². The van der Waals surface area contributed by atoms with Crippen LogP contribution in [0.15, 0.2) is 34.2 Å². The summed E-state index contributed by atoms with van der Waals surface area (Å²) in [5, 5.41) is 27.0. The van der Waals surface area contributed by atoms with Crippen molar-refractivity contribution in [3.63, 3.8) is 0 Å². The van der Waals surface area contributed by atoms with Gasteiger partial charge in [-0.3, -0.25) is 14.5 Å². The van der Waals surface area contributed by atoms with E-state index < -0.39 is 35.2 Å². The Morgan fingerprint density at radius 3 is 2.78 bits per heavy atom. The van der Waals surface area contributed by atoms with Crippen LogP contribution in [0.25, 0.3) is 4.83 Å². The summed E-state index contributed by atoms with van der Waals surface area (Å²) in [6.07, 6.45) is 3.23. The average molecular weight is 566 g/mol. The van der Waals surface area contributed by atoms with E-state index in [1.165, 1.54) is 39.2 Å². The molecule has 5 N–H and O–H groups in total. The number of aromatic carboxylic acids is 1. The van der Waals surface area contributed by atoms with Crippen LogP contribution in [-0.4, -0.2) is 82.6 Å². The summed E-state index contributed by atoms with van der Waals surface area (Å²) in [5.41, 5.74) is 5.41. The molecule has 0 radical (unpaired) electrons. The lowest BCUT2D eigenvalue weighted by Crippen LogP contribution is -2.71. The van der Waals surface area contributed by atoms with Gasteiger partial charge in [-0.05, 0) is 0 Å². The molecular weight excluding hydrogens is 548 g/mol. The summed E-state index contributed by atoms with van der Waals surface area (Å²) in [4.78, 5) is 60.3. The molecule has 2 aliphatic rings. The highest BCUT2D eigenvalue weighted by atomic mass is 32.2. The Hall–Kier alpha value is -4.03. The summed E-state index contributed by atoms with van der Waals surface area (Å²) in [7, 11) is 1.23. The average Bonchev–Trinajstić information content (AvgIpc) is 3.56. The summed E-state index contributed by atoms with van der Waals surface area (Å²) < 4.78 is 6.87. The molecule has 0 unspecified atom stereocenters. The number of carbonyl (C=O) groups excluding carboxylic acids is 2. The van der Waals surface area contributed by atoms with Gasteiger partial charge in [0.25, 0.3) is 11.8 Å². The van der Waals surface area contributed by atoms with Crippen LogP contribution in [0.3, 0.4) is 0 Å². The van der Waals surface area contributed by atoms with Crippen molar-refractivity contribution in [3.8, 4) is 0 Å². The van der Waals surface area contributed by atoms with Gasteiger partial charge in [-0.1, -0.05) is 16.5 Å². The van der Waals surface area contributed by atoms with Crippen LogP contribution in [0.1, 0.15) is 16.4 Å². The van der Waals surface area contributed by atoms with E-state index in [-0.39, 0.29) is 40.5 Å². The van der Waals surface area contributed by atoms with Crippen molar-refractivity contribution < 1.29 is 38.8 Å². The molecule has 2 atom stereocenters. The molecule has 5 heterocycles. The van der Waals surface area contributed by atoms with Gasteiger partial charge in [0.2, 0.25) is 16.4 Å². The van der Waals surface area contributed by atoms with E-state index in [2.05, 4.69) is 19.8 Å². The number of imidazole rings is 1. The number of hydrogen-bond acceptors (Lipinski definition) is 12. The van der Waals surface area contributed by atoms with E-state index in [0.717, 1.165) is 16.4 Å². The number of rotatable bonds is 8. The molecule has 0 aliphatic carbocycles. The third-order valence-corrected chi connectivity index (χ3v) is 8.23. The number of aliphatic carboxylic acids is 1. The molecule has 1 saturated heterocycles. The molecule has 0 saturated carbocycles. The highest BCUT2D eigenvalue weighted by Gasteiger charge is 2.54. The number of amides is 2. The quantitative estimate of drug-likeness (QED) is 0.115. The summed E-state index contributed by atoms with van der Waals surface area (Å²) in [6.45, 7) is -0.0419. The van der Waals surface area contributed by atoms with Gasteiger partial charge < -0.3 is 26.1 Å². The minimum Gasteiger partial charge on any atom is -0.477 e. The number of β-lactam (4-membered cyclic amide) rings is 1. The number of aromatic nitrogens is 4. The molecule has 37 heavy (non-hydrogen) atoms. The molecule has 15 nitrogen and oxygen atoms in total. The SMILES string of the molecule is CO/N=C(\C(=O)N[C@@H]1C(=O)N2C(C(=O)O)=C(C[n+]3cc4sccn4c3C(=O)O)CS[C@H]12)c1nsc(N)n1. The van der Waals surface area contributed by atoms with E-state index in [9.17, 15) is 29.4 Å². The van der Waals surface area contributed by atoms with Crippen LogP contribution >= 0.6 is 34.6 Å². The fourth-order valence-corrected chi connectivity index (χ4v) is 6.61. The number of anilines is 1. The fourth-order valence-electron chi connectivity index (χ4n) is 4.06. The Morgan fingerprint density at radius 2 is 2.14 bits per heavy atom. The number of oxime groups is 1. The Balaban J connectivity index is 1.39. The third-order valence-electron chi connectivity index (χ3n) is 5.54. The van der Waals surface area contributed by atoms with Gasteiger partial charge in [-0.25, -0.2) is 14.2 Å². The lowest BCUT2D eigenvalue weighted by Gasteiger charge is -2.49. The first-order valence-corrected chi connectivity index (χ1v) is 13.0. The van der Waals surface area contributed by atoms with Gasteiger partial charge in [0.15, 0.2) is 5.13 Å².